The van der Waals surface area contributed by atoms with Gasteiger partial charge in [-0.2, -0.15) is 4.31 Å². The molecule has 2 aromatic carbocycles. The molecule has 32 heavy (non-hydrogen) atoms. The number of rotatable bonds is 6. The summed E-state index contributed by atoms with van der Waals surface area (Å²) in [6.45, 7) is 8.12. The Bertz CT molecular complexity index is 1230. The molecule has 0 bridgehead atoms. The number of para-hydroxylation sites is 2. The van der Waals surface area contributed by atoms with Gasteiger partial charge in [-0.1, -0.05) is 32.0 Å². The van der Waals surface area contributed by atoms with Gasteiger partial charge in [0.25, 0.3) is 5.91 Å². The molecule has 1 N–H and O–H groups in total. The first-order chi connectivity index (χ1) is 15.3. The highest BCUT2D eigenvalue weighted by Crippen LogP contribution is 2.27. The van der Waals surface area contributed by atoms with E-state index in [0.717, 1.165) is 23.3 Å². The molecule has 0 spiro atoms. The number of piperidine rings is 1. The van der Waals surface area contributed by atoms with Crippen LogP contribution in [0.5, 0.6) is 0 Å². The molecule has 8 heteroatoms. The third-order valence-electron chi connectivity index (χ3n) is 6.04. The van der Waals surface area contributed by atoms with Crippen LogP contribution in [0.4, 0.5) is 0 Å². The Morgan fingerprint density at radius 2 is 1.81 bits per heavy atom. The minimum Gasteiger partial charge on any atom is -0.350 e. The quantitative estimate of drug-likeness (QED) is 0.618. The number of carbonyl (C=O) groups is 1. The van der Waals surface area contributed by atoms with E-state index in [2.05, 4.69) is 28.7 Å². The summed E-state index contributed by atoms with van der Waals surface area (Å²) >= 11 is 0. The number of imidazole rings is 1. The Morgan fingerprint density at radius 3 is 2.56 bits per heavy atom. The molecular formula is C24H30N4O3S. The van der Waals surface area contributed by atoms with Crippen molar-refractivity contribution in [1.29, 1.82) is 0 Å². The number of amides is 1. The summed E-state index contributed by atoms with van der Waals surface area (Å²) in [5.41, 5.74) is 2.30. The van der Waals surface area contributed by atoms with Crippen molar-refractivity contribution < 1.29 is 13.2 Å². The fourth-order valence-corrected chi connectivity index (χ4v) is 6.34. The maximum atomic E-state index is 13.2. The number of nitrogens with one attached hydrogen (secondary N) is 1. The molecule has 1 aliphatic rings. The van der Waals surface area contributed by atoms with Crippen LogP contribution in [0.25, 0.3) is 11.0 Å². The van der Waals surface area contributed by atoms with Crippen LogP contribution in [-0.4, -0.2) is 47.8 Å². The first-order valence-corrected chi connectivity index (χ1v) is 12.5. The van der Waals surface area contributed by atoms with Crippen molar-refractivity contribution in [3.05, 3.63) is 59.9 Å². The zero-order valence-electron chi connectivity index (χ0n) is 18.8. The molecule has 0 aliphatic carbocycles. The molecule has 1 aromatic heterocycles. The standard InChI is InChI=1S/C24H30N4O3S/c1-17-13-18(2)16-27(15-17)32(30,31)21-8-6-7-20(14-21)24(29)25-11-12-28-19(3)26-22-9-4-5-10-23(22)28/h4-10,14,17-18H,11-13,15-16H2,1-3H3,(H,25,29). The van der Waals surface area contributed by atoms with E-state index in [1.165, 1.54) is 6.07 Å². The highest BCUT2D eigenvalue weighted by molar-refractivity contribution is 7.89. The number of carbonyl (C=O) groups excluding carboxylic acids is 1. The molecule has 1 saturated heterocycles. The van der Waals surface area contributed by atoms with Crippen LogP contribution >= 0.6 is 0 Å². The Kier molecular flexibility index (Phi) is 6.35. The maximum absolute atomic E-state index is 13.2. The normalized spacial score (nSPS) is 19.8. The lowest BCUT2D eigenvalue weighted by molar-refractivity contribution is 0.0952. The molecule has 1 amide bonds. The monoisotopic (exact) mass is 454 g/mol. The van der Waals surface area contributed by atoms with Gasteiger partial charge >= 0.3 is 0 Å². The molecule has 1 aliphatic heterocycles. The molecule has 170 valence electrons. The van der Waals surface area contributed by atoms with E-state index in [1.54, 1.807) is 22.5 Å². The van der Waals surface area contributed by atoms with Crippen LogP contribution < -0.4 is 5.32 Å². The van der Waals surface area contributed by atoms with Crippen molar-refractivity contribution in [2.24, 2.45) is 11.8 Å². The van der Waals surface area contributed by atoms with Gasteiger partial charge in [-0.15, -0.1) is 0 Å². The summed E-state index contributed by atoms with van der Waals surface area (Å²) in [6, 6.07) is 14.2. The third-order valence-corrected chi connectivity index (χ3v) is 7.86. The van der Waals surface area contributed by atoms with E-state index in [4.69, 9.17) is 0 Å². The van der Waals surface area contributed by atoms with E-state index in [0.29, 0.717) is 43.6 Å². The number of aromatic nitrogens is 2. The van der Waals surface area contributed by atoms with Crippen LogP contribution in [0.15, 0.2) is 53.4 Å². The van der Waals surface area contributed by atoms with Crippen molar-refractivity contribution in [2.75, 3.05) is 19.6 Å². The third kappa shape index (κ3) is 4.56. The lowest BCUT2D eigenvalue weighted by Gasteiger charge is -2.34. The molecule has 7 nitrogen and oxygen atoms in total. The summed E-state index contributed by atoms with van der Waals surface area (Å²) in [7, 11) is -3.63. The molecule has 0 radical (unpaired) electrons. The number of fused-ring (bicyclic) bond motifs is 1. The minimum atomic E-state index is -3.63. The van der Waals surface area contributed by atoms with E-state index in [9.17, 15) is 13.2 Å². The Balaban J connectivity index is 1.45. The van der Waals surface area contributed by atoms with Crippen molar-refractivity contribution in [3.63, 3.8) is 0 Å². The molecule has 2 unspecified atom stereocenters. The van der Waals surface area contributed by atoms with Crippen LogP contribution in [0, 0.1) is 18.8 Å². The van der Waals surface area contributed by atoms with E-state index >= 15 is 0 Å². The fourth-order valence-electron chi connectivity index (χ4n) is 4.61. The number of benzene rings is 2. The van der Waals surface area contributed by atoms with Gasteiger partial charge in [-0.05, 0) is 55.5 Å². The second-order valence-electron chi connectivity index (χ2n) is 8.85. The Morgan fingerprint density at radius 1 is 1.09 bits per heavy atom. The van der Waals surface area contributed by atoms with Gasteiger partial charge in [-0.25, -0.2) is 13.4 Å². The van der Waals surface area contributed by atoms with Crippen LogP contribution in [0.3, 0.4) is 0 Å². The van der Waals surface area contributed by atoms with E-state index in [-0.39, 0.29) is 10.8 Å². The smallest absolute Gasteiger partial charge is 0.251 e. The van der Waals surface area contributed by atoms with Gasteiger partial charge in [0.1, 0.15) is 5.82 Å². The van der Waals surface area contributed by atoms with Gasteiger partial charge in [0, 0.05) is 31.7 Å². The molecule has 4 rings (SSSR count). The van der Waals surface area contributed by atoms with Gasteiger partial charge in [-0.3, -0.25) is 4.79 Å². The Labute approximate surface area is 189 Å². The van der Waals surface area contributed by atoms with Gasteiger partial charge < -0.3 is 9.88 Å². The number of hydrogen-bond donors (Lipinski definition) is 1. The molecule has 3 aromatic rings. The highest BCUT2D eigenvalue weighted by Gasteiger charge is 2.31. The lowest BCUT2D eigenvalue weighted by Crippen LogP contribution is -2.42. The van der Waals surface area contributed by atoms with Crippen molar-refractivity contribution >= 4 is 27.0 Å². The van der Waals surface area contributed by atoms with Gasteiger partial charge in [0.15, 0.2) is 0 Å². The topological polar surface area (TPSA) is 84.3 Å². The average molecular weight is 455 g/mol. The summed E-state index contributed by atoms with van der Waals surface area (Å²) in [6.07, 6.45) is 1.03. The first-order valence-electron chi connectivity index (χ1n) is 11.1. The fraction of sp³-hybridized carbons (Fsp3) is 0.417. The lowest BCUT2D eigenvalue weighted by atomic mass is 9.94. The SMILES string of the molecule is Cc1nc2ccccc2n1CCNC(=O)c1cccc(S(=O)(=O)N2CC(C)CC(C)C2)c1. The molecule has 0 saturated carbocycles. The Hall–Kier alpha value is -2.71. The zero-order valence-corrected chi connectivity index (χ0v) is 19.6. The predicted octanol–water partition coefficient (Wildman–Crippen LogP) is 3.44. The minimum absolute atomic E-state index is 0.169. The number of nitrogens with zero attached hydrogens (tertiary/aromatic N) is 3. The van der Waals surface area contributed by atoms with Crippen molar-refractivity contribution in [2.45, 2.75) is 38.6 Å². The maximum Gasteiger partial charge on any atom is 0.251 e. The van der Waals surface area contributed by atoms with Gasteiger partial charge in [0.05, 0.1) is 15.9 Å². The highest BCUT2D eigenvalue weighted by atomic mass is 32.2. The first kappa shape index (κ1) is 22.5. The summed E-state index contributed by atoms with van der Waals surface area (Å²) in [4.78, 5) is 17.4. The van der Waals surface area contributed by atoms with E-state index in [1.807, 2.05) is 31.2 Å². The zero-order chi connectivity index (χ0) is 22.9. The number of aryl methyl sites for hydroxylation is 1. The van der Waals surface area contributed by atoms with Crippen LogP contribution in [0.2, 0.25) is 0 Å². The average Bonchev–Trinajstić information content (AvgIpc) is 3.08. The molecule has 2 atom stereocenters. The number of sulfonamides is 1. The van der Waals surface area contributed by atoms with Crippen LogP contribution in [0.1, 0.15) is 36.5 Å². The second kappa shape index (κ2) is 9.03. The van der Waals surface area contributed by atoms with Crippen LogP contribution in [-0.2, 0) is 16.6 Å². The van der Waals surface area contributed by atoms with Crippen molar-refractivity contribution in [3.8, 4) is 0 Å². The summed E-state index contributed by atoms with van der Waals surface area (Å²) in [5, 5.41) is 2.91. The van der Waals surface area contributed by atoms with Gasteiger partial charge in [0.2, 0.25) is 10.0 Å². The summed E-state index contributed by atoms with van der Waals surface area (Å²) in [5.74, 6) is 1.24. The number of hydrogen-bond acceptors (Lipinski definition) is 4. The predicted molar refractivity (Wildman–Crippen MR) is 125 cm³/mol. The molecular weight excluding hydrogens is 424 g/mol. The largest absolute Gasteiger partial charge is 0.350 e. The summed E-state index contributed by atoms with van der Waals surface area (Å²) < 4.78 is 30.0. The second-order valence-corrected chi connectivity index (χ2v) is 10.8. The molecule has 2 heterocycles. The van der Waals surface area contributed by atoms with Crippen molar-refractivity contribution in [1.82, 2.24) is 19.2 Å². The molecule has 1 fully saturated rings. The van der Waals surface area contributed by atoms with E-state index < -0.39 is 10.0 Å².